The topological polar surface area (TPSA) is 61.9 Å². The summed E-state index contributed by atoms with van der Waals surface area (Å²) in [4.78, 5) is 28.8. The van der Waals surface area contributed by atoms with Crippen molar-refractivity contribution in [1.29, 1.82) is 0 Å². The second-order valence-electron chi connectivity index (χ2n) is 7.12. The fourth-order valence-electron chi connectivity index (χ4n) is 3.52. The van der Waals surface area contributed by atoms with Gasteiger partial charge in [-0.15, -0.1) is 0 Å². The van der Waals surface area contributed by atoms with Crippen LogP contribution in [0.5, 0.6) is 0 Å². The number of morpholine rings is 1. The van der Waals surface area contributed by atoms with Crippen molar-refractivity contribution in [3.8, 4) is 0 Å². The van der Waals surface area contributed by atoms with E-state index in [1.807, 2.05) is 50.2 Å². The van der Waals surface area contributed by atoms with Gasteiger partial charge in [0.25, 0.3) is 0 Å². The normalized spacial score (nSPS) is 13.9. The Morgan fingerprint density at radius 2 is 1.71 bits per heavy atom. The highest BCUT2D eigenvalue weighted by molar-refractivity contribution is 6.03. The number of amides is 2. The lowest BCUT2D eigenvalue weighted by atomic mass is 10.1. The number of nitrogens with one attached hydrogen (secondary N) is 1. The number of nitrogens with zero attached hydrogens (tertiary/aromatic N) is 2. The van der Waals surface area contributed by atoms with Crippen LogP contribution in [0.3, 0.4) is 0 Å². The minimum absolute atomic E-state index is 0.0380. The predicted octanol–water partition coefficient (Wildman–Crippen LogP) is 3.13. The van der Waals surface area contributed by atoms with Crippen LogP contribution in [0.25, 0.3) is 0 Å². The van der Waals surface area contributed by atoms with E-state index in [1.54, 1.807) is 0 Å². The first-order chi connectivity index (χ1) is 13.4. The maximum Gasteiger partial charge on any atom is 0.244 e. The Morgan fingerprint density at radius 3 is 2.36 bits per heavy atom. The number of anilines is 3. The highest BCUT2D eigenvalue weighted by Gasteiger charge is 2.22. The van der Waals surface area contributed by atoms with Crippen LogP contribution in [0.15, 0.2) is 42.5 Å². The number of para-hydroxylation sites is 2. The van der Waals surface area contributed by atoms with E-state index in [4.69, 9.17) is 4.74 Å². The molecular formula is C22H27N3O3. The second kappa shape index (κ2) is 8.89. The van der Waals surface area contributed by atoms with Crippen molar-refractivity contribution in [2.45, 2.75) is 20.8 Å². The first-order valence-corrected chi connectivity index (χ1v) is 9.52. The highest BCUT2D eigenvalue weighted by atomic mass is 16.5. The van der Waals surface area contributed by atoms with Crippen LogP contribution in [0.1, 0.15) is 18.1 Å². The van der Waals surface area contributed by atoms with Gasteiger partial charge in [-0.2, -0.15) is 0 Å². The van der Waals surface area contributed by atoms with E-state index < -0.39 is 0 Å². The van der Waals surface area contributed by atoms with Crippen LogP contribution in [0, 0.1) is 13.8 Å². The lowest BCUT2D eigenvalue weighted by Gasteiger charge is -2.33. The number of hydrogen-bond acceptors (Lipinski definition) is 4. The Kier molecular flexibility index (Phi) is 6.31. The molecule has 3 rings (SSSR count). The highest BCUT2D eigenvalue weighted by Crippen LogP contribution is 2.30. The lowest BCUT2D eigenvalue weighted by molar-refractivity contribution is -0.120. The largest absolute Gasteiger partial charge is 0.378 e. The summed E-state index contributed by atoms with van der Waals surface area (Å²) in [5.74, 6) is -0.395. The maximum atomic E-state index is 12.7. The van der Waals surface area contributed by atoms with Gasteiger partial charge < -0.3 is 19.9 Å². The van der Waals surface area contributed by atoms with Gasteiger partial charge in [-0.1, -0.05) is 18.2 Å². The molecule has 0 bridgehead atoms. The van der Waals surface area contributed by atoms with Gasteiger partial charge in [0.1, 0.15) is 6.54 Å². The molecule has 2 aromatic carbocycles. The number of benzene rings is 2. The van der Waals surface area contributed by atoms with E-state index in [-0.39, 0.29) is 18.4 Å². The molecule has 1 saturated heterocycles. The van der Waals surface area contributed by atoms with Crippen molar-refractivity contribution in [3.05, 3.63) is 53.6 Å². The molecule has 1 aliphatic rings. The van der Waals surface area contributed by atoms with Gasteiger partial charge in [-0.05, 0) is 49.2 Å². The third-order valence-corrected chi connectivity index (χ3v) is 4.71. The molecule has 6 heteroatoms. The number of carbonyl (C=O) groups is 2. The predicted molar refractivity (Wildman–Crippen MR) is 112 cm³/mol. The fourth-order valence-corrected chi connectivity index (χ4v) is 3.52. The summed E-state index contributed by atoms with van der Waals surface area (Å²) in [6.07, 6.45) is 0. The molecular weight excluding hydrogens is 354 g/mol. The van der Waals surface area contributed by atoms with Gasteiger partial charge in [0, 0.05) is 25.7 Å². The number of ether oxygens (including phenoxy) is 1. The Balaban J connectivity index is 1.80. The minimum Gasteiger partial charge on any atom is -0.378 e. The van der Waals surface area contributed by atoms with Crippen molar-refractivity contribution in [2.75, 3.05) is 48.0 Å². The molecule has 148 valence electrons. The Morgan fingerprint density at radius 1 is 1.07 bits per heavy atom. The van der Waals surface area contributed by atoms with Gasteiger partial charge in [0.15, 0.2) is 0 Å². The minimum atomic E-state index is -0.225. The third-order valence-electron chi connectivity index (χ3n) is 4.71. The first kappa shape index (κ1) is 19.9. The van der Waals surface area contributed by atoms with Crippen molar-refractivity contribution >= 4 is 28.9 Å². The van der Waals surface area contributed by atoms with Crippen LogP contribution < -0.4 is 15.1 Å². The molecule has 0 aliphatic carbocycles. The molecule has 0 saturated carbocycles. The average molecular weight is 381 g/mol. The quantitative estimate of drug-likeness (QED) is 0.864. The number of rotatable bonds is 5. The van der Waals surface area contributed by atoms with Gasteiger partial charge in [0.05, 0.1) is 24.6 Å². The number of hydrogen-bond donors (Lipinski definition) is 1. The molecule has 0 unspecified atom stereocenters. The van der Waals surface area contributed by atoms with E-state index in [2.05, 4.69) is 16.3 Å². The summed E-state index contributed by atoms with van der Waals surface area (Å²) in [5.41, 5.74) is 4.59. The molecule has 0 spiro atoms. The molecule has 1 aliphatic heterocycles. The molecule has 2 aromatic rings. The number of aryl methyl sites for hydroxylation is 2. The summed E-state index contributed by atoms with van der Waals surface area (Å²) < 4.78 is 5.43. The zero-order chi connectivity index (χ0) is 20.1. The van der Waals surface area contributed by atoms with Crippen molar-refractivity contribution < 1.29 is 14.3 Å². The van der Waals surface area contributed by atoms with E-state index >= 15 is 0 Å². The molecule has 1 fully saturated rings. The van der Waals surface area contributed by atoms with E-state index in [9.17, 15) is 9.59 Å². The lowest BCUT2D eigenvalue weighted by Crippen LogP contribution is -2.40. The van der Waals surface area contributed by atoms with E-state index in [0.29, 0.717) is 13.2 Å². The Bertz CT molecular complexity index is 840. The molecule has 6 nitrogen and oxygen atoms in total. The molecule has 0 atom stereocenters. The summed E-state index contributed by atoms with van der Waals surface area (Å²) in [7, 11) is 0. The standard InChI is InChI=1S/C22H27N3O3/c1-16-12-17(2)14-19(13-16)23-22(27)15-25(18(3)26)21-7-5-4-6-20(21)24-8-10-28-11-9-24/h4-7,12-14H,8-11,15H2,1-3H3,(H,23,27). The zero-order valence-corrected chi connectivity index (χ0v) is 16.7. The Labute approximate surface area is 166 Å². The summed E-state index contributed by atoms with van der Waals surface area (Å²) in [6.45, 7) is 8.26. The molecule has 1 heterocycles. The summed E-state index contributed by atoms with van der Waals surface area (Å²) in [5, 5.41) is 2.91. The molecule has 2 amide bonds. The van der Waals surface area contributed by atoms with E-state index in [0.717, 1.165) is 41.3 Å². The monoisotopic (exact) mass is 381 g/mol. The van der Waals surface area contributed by atoms with Crippen molar-refractivity contribution in [1.82, 2.24) is 0 Å². The van der Waals surface area contributed by atoms with Crippen LogP contribution in [0.4, 0.5) is 17.1 Å². The maximum absolute atomic E-state index is 12.7. The first-order valence-electron chi connectivity index (χ1n) is 9.52. The second-order valence-corrected chi connectivity index (χ2v) is 7.12. The van der Waals surface area contributed by atoms with Crippen LogP contribution >= 0.6 is 0 Å². The smallest absolute Gasteiger partial charge is 0.244 e. The Hall–Kier alpha value is -2.86. The SMILES string of the molecule is CC(=O)N(CC(=O)Nc1cc(C)cc(C)c1)c1ccccc1N1CCOCC1. The average Bonchev–Trinajstić information content (AvgIpc) is 2.66. The van der Waals surface area contributed by atoms with Gasteiger partial charge in [-0.3, -0.25) is 9.59 Å². The van der Waals surface area contributed by atoms with Gasteiger partial charge >= 0.3 is 0 Å². The van der Waals surface area contributed by atoms with Crippen molar-refractivity contribution in [2.24, 2.45) is 0 Å². The van der Waals surface area contributed by atoms with Gasteiger partial charge in [0.2, 0.25) is 11.8 Å². The zero-order valence-electron chi connectivity index (χ0n) is 16.7. The summed E-state index contributed by atoms with van der Waals surface area (Å²) >= 11 is 0. The van der Waals surface area contributed by atoms with Crippen LogP contribution in [-0.2, 0) is 14.3 Å². The molecule has 0 radical (unpaired) electrons. The summed E-state index contributed by atoms with van der Waals surface area (Å²) in [6, 6.07) is 13.6. The molecule has 28 heavy (non-hydrogen) atoms. The van der Waals surface area contributed by atoms with Crippen LogP contribution in [-0.4, -0.2) is 44.7 Å². The number of carbonyl (C=O) groups excluding carboxylic acids is 2. The molecule has 1 N–H and O–H groups in total. The molecule has 0 aromatic heterocycles. The van der Waals surface area contributed by atoms with Gasteiger partial charge in [-0.25, -0.2) is 0 Å². The third kappa shape index (κ3) is 4.89. The van der Waals surface area contributed by atoms with Crippen molar-refractivity contribution in [3.63, 3.8) is 0 Å². The fraction of sp³-hybridized carbons (Fsp3) is 0.364. The van der Waals surface area contributed by atoms with E-state index in [1.165, 1.54) is 11.8 Å². The van der Waals surface area contributed by atoms with Crippen LogP contribution in [0.2, 0.25) is 0 Å².